The van der Waals surface area contributed by atoms with E-state index in [-0.39, 0.29) is 28.8 Å². The number of rotatable bonds is 6. The van der Waals surface area contributed by atoms with E-state index in [4.69, 9.17) is 4.98 Å². The van der Waals surface area contributed by atoms with Crippen LogP contribution in [-0.4, -0.2) is 35.3 Å². The molecule has 30 heavy (non-hydrogen) atoms. The van der Waals surface area contributed by atoms with Crippen LogP contribution in [0.2, 0.25) is 0 Å². The number of hydrogen-bond donors (Lipinski definition) is 1. The van der Waals surface area contributed by atoms with Gasteiger partial charge in [0.15, 0.2) is 15.5 Å². The summed E-state index contributed by atoms with van der Waals surface area (Å²) in [6, 6.07) is 8.22. The van der Waals surface area contributed by atoms with Crippen LogP contribution in [0.15, 0.2) is 41.4 Å². The molecule has 2 aromatic heterocycles. The Morgan fingerprint density at radius 3 is 2.23 bits per heavy atom. The minimum absolute atomic E-state index is 0.126. The molecule has 0 fully saturated rings. The van der Waals surface area contributed by atoms with Gasteiger partial charge in [-0.15, -0.1) is 0 Å². The molecule has 160 valence electrons. The second kappa shape index (κ2) is 8.18. The van der Waals surface area contributed by atoms with Crippen LogP contribution in [0, 0.1) is 0 Å². The Bertz CT molecular complexity index is 1180. The lowest BCUT2D eigenvalue weighted by molar-refractivity contribution is 0.0941. The van der Waals surface area contributed by atoms with Crippen molar-refractivity contribution in [3.8, 4) is 0 Å². The van der Waals surface area contributed by atoms with Gasteiger partial charge < -0.3 is 5.32 Å². The largest absolute Gasteiger partial charge is 0.345 e. The average Bonchev–Trinajstić information content (AvgIpc) is 3.10. The van der Waals surface area contributed by atoms with Gasteiger partial charge in [-0.25, -0.2) is 18.1 Å². The van der Waals surface area contributed by atoms with E-state index in [1.54, 1.807) is 30.5 Å². The molecule has 0 spiro atoms. The molecular formula is C22H28N4O3S. The van der Waals surface area contributed by atoms with E-state index in [0.29, 0.717) is 16.6 Å². The average molecular weight is 429 g/mol. The molecule has 1 N–H and O–H groups in total. The smallest absolute Gasteiger partial charge is 0.252 e. The molecule has 3 aromatic rings. The zero-order valence-corrected chi connectivity index (χ0v) is 19.0. The van der Waals surface area contributed by atoms with E-state index < -0.39 is 9.84 Å². The van der Waals surface area contributed by atoms with E-state index in [1.807, 2.05) is 45.4 Å². The molecule has 0 aliphatic carbocycles. The molecule has 7 nitrogen and oxygen atoms in total. The van der Waals surface area contributed by atoms with Gasteiger partial charge in [-0.05, 0) is 50.5 Å². The summed E-state index contributed by atoms with van der Waals surface area (Å²) in [5, 5.41) is 8.15. The molecule has 1 aromatic carbocycles. The molecule has 1 amide bonds. The summed E-state index contributed by atoms with van der Waals surface area (Å²) in [6.45, 7) is 10.00. The standard InChI is InChI=1S/C22H28N4O3S/c1-13(2)20-11-18(19-12-23-26(14(3)4)21(19)25-20)22(27)24-15(5)16-7-9-17(10-8-16)30(6,28)29/h7-15H,1-6H3,(H,24,27). The Hall–Kier alpha value is -2.74. The van der Waals surface area contributed by atoms with E-state index in [0.717, 1.165) is 11.3 Å². The maximum atomic E-state index is 13.2. The van der Waals surface area contributed by atoms with Crippen LogP contribution in [-0.2, 0) is 9.84 Å². The van der Waals surface area contributed by atoms with Gasteiger partial charge in [0.2, 0.25) is 0 Å². The lowest BCUT2D eigenvalue weighted by Crippen LogP contribution is -2.27. The second-order valence-electron chi connectivity index (χ2n) is 8.21. The quantitative estimate of drug-likeness (QED) is 0.640. The molecule has 0 aliphatic heterocycles. The molecule has 8 heteroatoms. The van der Waals surface area contributed by atoms with Crippen molar-refractivity contribution in [3.63, 3.8) is 0 Å². The molecule has 3 rings (SSSR count). The Balaban J connectivity index is 1.94. The van der Waals surface area contributed by atoms with Gasteiger partial charge in [-0.2, -0.15) is 5.10 Å². The first kappa shape index (κ1) is 22.0. The van der Waals surface area contributed by atoms with Gasteiger partial charge in [0.05, 0.1) is 28.1 Å². The molecule has 0 radical (unpaired) electrons. The van der Waals surface area contributed by atoms with Gasteiger partial charge >= 0.3 is 0 Å². The van der Waals surface area contributed by atoms with Crippen LogP contribution in [0.4, 0.5) is 0 Å². The van der Waals surface area contributed by atoms with Crippen molar-refractivity contribution in [2.75, 3.05) is 6.26 Å². The van der Waals surface area contributed by atoms with Gasteiger partial charge in [-0.1, -0.05) is 26.0 Å². The predicted molar refractivity (Wildman–Crippen MR) is 117 cm³/mol. The number of benzene rings is 1. The van der Waals surface area contributed by atoms with Crippen molar-refractivity contribution in [1.82, 2.24) is 20.1 Å². The number of amides is 1. The lowest BCUT2D eigenvalue weighted by Gasteiger charge is -2.16. The zero-order valence-electron chi connectivity index (χ0n) is 18.2. The van der Waals surface area contributed by atoms with Crippen molar-refractivity contribution < 1.29 is 13.2 Å². The highest BCUT2D eigenvalue weighted by Gasteiger charge is 2.20. The number of carbonyl (C=O) groups excluding carboxylic acids is 1. The zero-order chi connectivity index (χ0) is 22.2. The molecular weight excluding hydrogens is 400 g/mol. The van der Waals surface area contributed by atoms with E-state index in [1.165, 1.54) is 6.26 Å². The van der Waals surface area contributed by atoms with Crippen molar-refractivity contribution in [2.45, 2.75) is 57.5 Å². The molecule has 0 aliphatic rings. The van der Waals surface area contributed by atoms with Gasteiger partial charge in [0.1, 0.15) is 0 Å². The summed E-state index contributed by atoms with van der Waals surface area (Å²) >= 11 is 0. The fourth-order valence-electron chi connectivity index (χ4n) is 3.26. The van der Waals surface area contributed by atoms with E-state index in [9.17, 15) is 13.2 Å². The highest BCUT2D eigenvalue weighted by molar-refractivity contribution is 7.90. The first-order chi connectivity index (χ1) is 14.0. The fraction of sp³-hybridized carbons (Fsp3) is 0.409. The lowest BCUT2D eigenvalue weighted by atomic mass is 10.0. The molecule has 2 heterocycles. The number of aromatic nitrogens is 3. The van der Waals surface area contributed by atoms with Crippen LogP contribution < -0.4 is 5.32 Å². The SMILES string of the molecule is CC(C)c1cc(C(=O)NC(C)c2ccc(S(C)(=O)=O)cc2)c2cnn(C(C)C)c2n1. The highest BCUT2D eigenvalue weighted by Crippen LogP contribution is 2.25. The summed E-state index contributed by atoms with van der Waals surface area (Å²) in [5.41, 5.74) is 2.89. The molecule has 1 atom stereocenters. The third-order valence-corrected chi connectivity index (χ3v) is 6.20. The van der Waals surface area contributed by atoms with Crippen LogP contribution in [0.5, 0.6) is 0 Å². The Morgan fingerprint density at radius 1 is 1.07 bits per heavy atom. The maximum absolute atomic E-state index is 13.2. The van der Waals surface area contributed by atoms with Crippen LogP contribution in [0.1, 0.15) is 74.2 Å². The summed E-state index contributed by atoms with van der Waals surface area (Å²) in [5.74, 6) is -0.0512. The Morgan fingerprint density at radius 2 is 1.70 bits per heavy atom. The minimum atomic E-state index is -3.26. The minimum Gasteiger partial charge on any atom is -0.345 e. The monoisotopic (exact) mass is 428 g/mol. The number of nitrogens with one attached hydrogen (secondary N) is 1. The first-order valence-corrected chi connectivity index (χ1v) is 11.9. The van der Waals surface area contributed by atoms with Crippen molar-refractivity contribution in [2.24, 2.45) is 0 Å². The van der Waals surface area contributed by atoms with Crippen molar-refractivity contribution >= 4 is 26.8 Å². The van der Waals surface area contributed by atoms with Crippen LogP contribution in [0.3, 0.4) is 0 Å². The normalized spacial score (nSPS) is 13.2. The van der Waals surface area contributed by atoms with Gasteiger partial charge in [-0.3, -0.25) is 4.79 Å². The number of sulfone groups is 1. The van der Waals surface area contributed by atoms with E-state index in [2.05, 4.69) is 10.4 Å². The molecule has 0 saturated heterocycles. The third kappa shape index (κ3) is 4.38. The van der Waals surface area contributed by atoms with E-state index >= 15 is 0 Å². The summed E-state index contributed by atoms with van der Waals surface area (Å²) in [4.78, 5) is 18.1. The van der Waals surface area contributed by atoms with Gasteiger partial charge in [0, 0.05) is 18.0 Å². The van der Waals surface area contributed by atoms with Crippen molar-refractivity contribution in [3.05, 3.63) is 53.3 Å². The first-order valence-electron chi connectivity index (χ1n) is 9.98. The fourth-order valence-corrected chi connectivity index (χ4v) is 3.89. The number of nitrogens with zero attached hydrogens (tertiary/aromatic N) is 3. The number of pyridine rings is 1. The molecule has 1 unspecified atom stereocenters. The Labute approximate surface area is 177 Å². The maximum Gasteiger partial charge on any atom is 0.252 e. The number of carbonyl (C=O) groups is 1. The van der Waals surface area contributed by atoms with Crippen LogP contribution in [0.25, 0.3) is 11.0 Å². The number of hydrogen-bond acceptors (Lipinski definition) is 5. The number of fused-ring (bicyclic) bond motifs is 1. The predicted octanol–water partition coefficient (Wildman–Crippen LogP) is 4.03. The third-order valence-electron chi connectivity index (χ3n) is 5.07. The summed E-state index contributed by atoms with van der Waals surface area (Å²) < 4.78 is 25.1. The summed E-state index contributed by atoms with van der Waals surface area (Å²) in [6.07, 6.45) is 2.86. The Kier molecular flexibility index (Phi) is 5.99. The highest BCUT2D eigenvalue weighted by atomic mass is 32.2. The molecule has 0 bridgehead atoms. The van der Waals surface area contributed by atoms with Gasteiger partial charge in [0.25, 0.3) is 5.91 Å². The van der Waals surface area contributed by atoms with Crippen LogP contribution >= 0.6 is 0 Å². The topological polar surface area (TPSA) is 94.0 Å². The molecule has 0 saturated carbocycles. The summed E-state index contributed by atoms with van der Waals surface area (Å²) in [7, 11) is -3.26. The van der Waals surface area contributed by atoms with Crippen molar-refractivity contribution in [1.29, 1.82) is 0 Å². The second-order valence-corrected chi connectivity index (χ2v) is 10.2.